The molecule has 0 spiro atoms. The van der Waals surface area contributed by atoms with Gasteiger partial charge in [0.05, 0.1) is 25.5 Å². The van der Waals surface area contributed by atoms with Gasteiger partial charge >= 0.3 is 6.03 Å². The summed E-state index contributed by atoms with van der Waals surface area (Å²) in [6.07, 6.45) is 0.550. The molecule has 1 aromatic heterocycles. The molecule has 1 aliphatic rings. The van der Waals surface area contributed by atoms with Crippen molar-refractivity contribution in [1.29, 1.82) is 0 Å². The van der Waals surface area contributed by atoms with E-state index in [-0.39, 0.29) is 19.8 Å². The summed E-state index contributed by atoms with van der Waals surface area (Å²) in [5, 5.41) is 12.8. The largest absolute Gasteiger partial charge is 0.467 e. The van der Waals surface area contributed by atoms with E-state index < -0.39 is 23.6 Å². The minimum absolute atomic E-state index is 0.0149. The molecule has 3 amide bonds. The number of hydrogen-bond donors (Lipinski definition) is 2. The first-order valence-electron chi connectivity index (χ1n) is 8.39. The molecule has 138 valence electrons. The lowest BCUT2D eigenvalue weighted by Crippen LogP contribution is -2.42. The Hall–Kier alpha value is -2.64. The molecule has 0 aliphatic carbocycles. The van der Waals surface area contributed by atoms with Crippen LogP contribution in [-0.2, 0) is 21.7 Å². The van der Waals surface area contributed by atoms with E-state index in [0.29, 0.717) is 11.3 Å². The van der Waals surface area contributed by atoms with E-state index in [1.54, 1.807) is 19.1 Å². The topological polar surface area (TPSA) is 92.0 Å². The number of aliphatic hydroxyl groups excluding tert-OH is 1. The number of carbonyl (C=O) groups excluding carboxylic acids is 2. The molecular weight excluding hydrogens is 336 g/mol. The van der Waals surface area contributed by atoms with E-state index in [9.17, 15) is 14.7 Å². The molecular formula is C19H22N2O5. The van der Waals surface area contributed by atoms with Crippen molar-refractivity contribution in [3.05, 3.63) is 59.5 Å². The Morgan fingerprint density at radius 1 is 1.27 bits per heavy atom. The zero-order valence-corrected chi connectivity index (χ0v) is 14.8. The molecule has 0 unspecified atom stereocenters. The molecule has 1 fully saturated rings. The molecule has 26 heavy (non-hydrogen) atoms. The van der Waals surface area contributed by atoms with Gasteiger partial charge < -0.3 is 19.6 Å². The Balaban J connectivity index is 1.60. The number of β-amino-alcohol motifs (C(OH)–C–C–N with tert-alkyl or cyclic N) is 1. The van der Waals surface area contributed by atoms with E-state index >= 15 is 0 Å². The first-order valence-corrected chi connectivity index (χ1v) is 8.39. The molecule has 2 heterocycles. The van der Waals surface area contributed by atoms with Crippen molar-refractivity contribution in [2.45, 2.75) is 32.1 Å². The molecule has 2 atom stereocenters. The number of hydrogen-bond acceptors (Lipinski definition) is 5. The third-order valence-corrected chi connectivity index (χ3v) is 4.43. The second-order valence-corrected chi connectivity index (χ2v) is 6.59. The number of aliphatic hydroxyl groups is 1. The fourth-order valence-corrected chi connectivity index (χ4v) is 2.90. The zero-order chi connectivity index (χ0) is 18.7. The maximum atomic E-state index is 12.8. The van der Waals surface area contributed by atoms with E-state index in [1.807, 2.05) is 31.2 Å². The van der Waals surface area contributed by atoms with Crippen molar-refractivity contribution >= 4 is 11.9 Å². The Morgan fingerprint density at radius 3 is 2.65 bits per heavy atom. The minimum Gasteiger partial charge on any atom is -0.467 e. The molecule has 1 aliphatic heterocycles. The molecule has 7 nitrogen and oxygen atoms in total. The lowest BCUT2D eigenvalue weighted by Gasteiger charge is -2.23. The van der Waals surface area contributed by atoms with E-state index in [1.165, 1.54) is 6.26 Å². The van der Waals surface area contributed by atoms with Gasteiger partial charge in [-0.25, -0.2) is 4.79 Å². The van der Waals surface area contributed by atoms with Crippen LogP contribution in [0.15, 0.2) is 47.1 Å². The van der Waals surface area contributed by atoms with Crippen molar-refractivity contribution in [2.24, 2.45) is 0 Å². The van der Waals surface area contributed by atoms with Gasteiger partial charge in [0.15, 0.2) is 0 Å². The van der Waals surface area contributed by atoms with Gasteiger partial charge in [0, 0.05) is 0 Å². The zero-order valence-electron chi connectivity index (χ0n) is 14.8. The number of aryl methyl sites for hydroxylation is 1. The molecule has 7 heteroatoms. The van der Waals surface area contributed by atoms with E-state index in [2.05, 4.69) is 5.32 Å². The van der Waals surface area contributed by atoms with Crippen LogP contribution >= 0.6 is 0 Å². The summed E-state index contributed by atoms with van der Waals surface area (Å²) in [7, 11) is 0. The average molecular weight is 358 g/mol. The summed E-state index contributed by atoms with van der Waals surface area (Å²) >= 11 is 0. The lowest BCUT2D eigenvalue weighted by molar-refractivity contribution is -0.132. The average Bonchev–Trinajstić information content (AvgIpc) is 3.19. The third kappa shape index (κ3) is 3.63. The molecule has 1 saturated heterocycles. The van der Waals surface area contributed by atoms with Gasteiger partial charge in [-0.2, -0.15) is 0 Å². The number of carbonyl (C=O) groups is 2. The highest BCUT2D eigenvalue weighted by atomic mass is 16.5. The molecule has 0 radical (unpaired) electrons. The fourth-order valence-electron chi connectivity index (χ4n) is 2.90. The van der Waals surface area contributed by atoms with Crippen LogP contribution in [-0.4, -0.2) is 41.2 Å². The van der Waals surface area contributed by atoms with E-state index in [0.717, 1.165) is 10.5 Å². The van der Waals surface area contributed by atoms with Crippen molar-refractivity contribution < 1.29 is 23.8 Å². The van der Waals surface area contributed by atoms with Gasteiger partial charge in [-0.15, -0.1) is 0 Å². The number of nitrogens with zero attached hydrogens (tertiary/aromatic N) is 1. The summed E-state index contributed by atoms with van der Waals surface area (Å²) in [6.45, 7) is 3.68. The van der Waals surface area contributed by atoms with Gasteiger partial charge in [0.1, 0.15) is 17.9 Å². The van der Waals surface area contributed by atoms with Crippen LogP contribution in [0.25, 0.3) is 0 Å². The van der Waals surface area contributed by atoms with Crippen molar-refractivity contribution in [2.75, 3.05) is 13.2 Å². The van der Waals surface area contributed by atoms with Crippen molar-refractivity contribution in [1.82, 2.24) is 10.2 Å². The summed E-state index contributed by atoms with van der Waals surface area (Å²) in [4.78, 5) is 26.1. The van der Waals surface area contributed by atoms with Crippen LogP contribution in [0.3, 0.4) is 0 Å². The fraction of sp³-hybridized carbons (Fsp3) is 0.368. The number of nitrogens with one attached hydrogen (secondary N) is 1. The second kappa shape index (κ2) is 7.31. The highest BCUT2D eigenvalue weighted by Gasteiger charge is 2.49. The van der Waals surface area contributed by atoms with Crippen molar-refractivity contribution in [3.8, 4) is 0 Å². The first-order chi connectivity index (χ1) is 12.4. The summed E-state index contributed by atoms with van der Waals surface area (Å²) < 4.78 is 10.5. The first kappa shape index (κ1) is 18.2. The number of ether oxygens (including phenoxy) is 1. The Bertz CT molecular complexity index is 772. The summed E-state index contributed by atoms with van der Waals surface area (Å²) in [5.74, 6) is 0.246. The van der Waals surface area contributed by atoms with Crippen LogP contribution in [0.5, 0.6) is 0 Å². The quantitative estimate of drug-likeness (QED) is 0.738. The molecule has 3 rings (SSSR count). The van der Waals surface area contributed by atoms with Crippen LogP contribution in [0.1, 0.15) is 23.8 Å². The standard InChI is InChI=1S/C19H22N2O5/c1-13-5-7-14(8-6-13)19(2)17(23)21(18(24)20-19)10-15(22)11-25-12-16-4-3-9-26-16/h3-9,15,22H,10-12H2,1-2H3,(H,20,24)/t15-,19-/m1/s1. The number of furan rings is 1. The Kier molecular flexibility index (Phi) is 5.11. The van der Waals surface area contributed by atoms with Gasteiger partial charge in [0.25, 0.3) is 5.91 Å². The van der Waals surface area contributed by atoms with E-state index in [4.69, 9.17) is 9.15 Å². The van der Waals surface area contributed by atoms with Gasteiger partial charge in [-0.3, -0.25) is 9.69 Å². The van der Waals surface area contributed by atoms with Crippen LogP contribution in [0.4, 0.5) is 4.79 Å². The van der Waals surface area contributed by atoms with Gasteiger partial charge in [-0.1, -0.05) is 29.8 Å². The molecule has 2 aromatic rings. The SMILES string of the molecule is Cc1ccc([C@@]2(C)NC(=O)N(C[C@@H](O)COCc3ccco3)C2=O)cc1. The number of imide groups is 1. The number of rotatable bonds is 7. The smallest absolute Gasteiger partial charge is 0.325 e. The van der Waals surface area contributed by atoms with Crippen molar-refractivity contribution in [3.63, 3.8) is 0 Å². The lowest BCUT2D eigenvalue weighted by atomic mass is 9.91. The Labute approximate surface area is 151 Å². The number of urea groups is 1. The van der Waals surface area contributed by atoms with Crippen LogP contribution in [0, 0.1) is 6.92 Å². The number of benzene rings is 1. The summed E-state index contributed by atoms with van der Waals surface area (Å²) in [6, 6.07) is 10.4. The monoisotopic (exact) mass is 358 g/mol. The molecule has 2 N–H and O–H groups in total. The second-order valence-electron chi connectivity index (χ2n) is 6.59. The highest BCUT2D eigenvalue weighted by molar-refractivity contribution is 6.07. The molecule has 0 saturated carbocycles. The maximum absolute atomic E-state index is 12.8. The van der Waals surface area contributed by atoms with Crippen LogP contribution < -0.4 is 5.32 Å². The minimum atomic E-state index is -1.14. The molecule has 1 aromatic carbocycles. The predicted octanol–water partition coefficient (Wildman–Crippen LogP) is 1.93. The molecule has 0 bridgehead atoms. The van der Waals surface area contributed by atoms with Gasteiger partial charge in [-0.05, 0) is 31.5 Å². The Morgan fingerprint density at radius 2 is 2.00 bits per heavy atom. The maximum Gasteiger partial charge on any atom is 0.325 e. The normalized spacial score (nSPS) is 21.1. The van der Waals surface area contributed by atoms with Crippen LogP contribution in [0.2, 0.25) is 0 Å². The predicted molar refractivity (Wildman–Crippen MR) is 93.1 cm³/mol. The number of amides is 3. The highest BCUT2D eigenvalue weighted by Crippen LogP contribution is 2.29. The summed E-state index contributed by atoms with van der Waals surface area (Å²) in [5.41, 5.74) is 0.627. The van der Waals surface area contributed by atoms with Gasteiger partial charge in [0.2, 0.25) is 0 Å². The third-order valence-electron chi connectivity index (χ3n) is 4.43.